The van der Waals surface area contributed by atoms with E-state index in [-0.39, 0.29) is 18.9 Å². The number of anilines is 1. The van der Waals surface area contributed by atoms with Crippen LogP contribution in [0.5, 0.6) is 0 Å². The molecule has 0 fully saturated rings. The third-order valence-electron chi connectivity index (χ3n) is 4.94. The first-order valence-electron chi connectivity index (χ1n) is 11.5. The van der Waals surface area contributed by atoms with E-state index in [9.17, 15) is 24.0 Å². The van der Waals surface area contributed by atoms with Gasteiger partial charge in [0.25, 0.3) is 0 Å². The third kappa shape index (κ3) is 13.4. The molecule has 0 aliphatic carbocycles. The molecule has 2 atom stereocenters. The minimum atomic E-state index is -0.658. The summed E-state index contributed by atoms with van der Waals surface area (Å²) in [5.41, 5.74) is 2.65. The molecule has 0 heterocycles. The Balaban J connectivity index is 0.000000375. The molecule has 4 N–H and O–H groups in total. The van der Waals surface area contributed by atoms with Crippen molar-refractivity contribution in [3.05, 3.63) is 64.1 Å². The van der Waals surface area contributed by atoms with Crippen molar-refractivity contribution in [3.63, 3.8) is 0 Å². The molecule has 0 saturated carbocycles. The quantitative estimate of drug-likeness (QED) is 0.191. The fraction of sp³-hybridized carbons (Fsp3) is 0.391. The predicted molar refractivity (Wildman–Crippen MR) is 146 cm³/mol. The summed E-state index contributed by atoms with van der Waals surface area (Å²) in [5.74, 6) is -0.785. The van der Waals surface area contributed by atoms with Gasteiger partial charge in [-0.2, -0.15) is 0 Å². The molecule has 0 unspecified atom stereocenters. The van der Waals surface area contributed by atoms with Gasteiger partial charge in [-0.3, -0.25) is 0 Å². The Kier molecular flexibility index (Phi) is 16.2. The van der Waals surface area contributed by atoms with Crippen molar-refractivity contribution in [2.45, 2.75) is 31.7 Å². The number of benzene rings is 2. The summed E-state index contributed by atoms with van der Waals surface area (Å²) in [5, 5.41) is 17.8. The van der Waals surface area contributed by atoms with Gasteiger partial charge in [-0.15, -0.1) is 0 Å². The van der Waals surface area contributed by atoms with E-state index in [1.165, 1.54) is 14.2 Å². The van der Waals surface area contributed by atoms with Crippen LogP contribution in [0.4, 0.5) is 5.69 Å². The molecule has 2 aromatic rings. The van der Waals surface area contributed by atoms with Gasteiger partial charge in [0.05, 0.1) is 0 Å². The maximum atomic E-state index is 11.6. The van der Waals surface area contributed by atoms with Crippen LogP contribution in [-0.2, 0) is 41.3 Å². The van der Waals surface area contributed by atoms with Crippen LogP contribution < -0.4 is 15.9 Å². The first-order chi connectivity index (χ1) is 17.7. The van der Waals surface area contributed by atoms with Crippen molar-refractivity contribution in [2.75, 3.05) is 32.3 Å². The number of halogens is 1. The van der Waals surface area contributed by atoms with E-state index in [0.717, 1.165) is 28.4 Å². The molecule has 0 aliphatic rings. The summed E-state index contributed by atoms with van der Waals surface area (Å²) >= 11 is 3.37. The van der Waals surface area contributed by atoms with E-state index < -0.39 is 25.1 Å². The van der Waals surface area contributed by atoms with Gasteiger partial charge in [-0.25, -0.2) is 0 Å². The normalized spacial score (nSPS) is 11.5. The zero-order valence-corrected chi connectivity index (χ0v) is 22.7. The number of ether oxygens (including phenoxy) is 2. The van der Waals surface area contributed by atoms with Crippen LogP contribution in [0.25, 0.3) is 0 Å². The van der Waals surface area contributed by atoms with Crippen molar-refractivity contribution < 1.29 is 33.5 Å². The zero-order valence-electron chi connectivity index (χ0n) is 21.1. The standard InChI is InChI=1S/C12H18B2N2O4.C11H13BBrNO3/c1-14(19)16-10-5-3-4-9(6-10)7-11(12(17)20-2)15-8-13-18;1-17-11(15)10(14-7-12-16)6-8-3-2-4-9(13)5-8/h3-6,11,15-16,19H,7-8H2,1-2H3;2-5,10,14H,6-7H2,1H3/t11-;10-/m00/s1. The molecule has 37 heavy (non-hydrogen) atoms. The van der Waals surface area contributed by atoms with E-state index in [0.29, 0.717) is 20.0 Å². The Morgan fingerprint density at radius 1 is 0.919 bits per heavy atom. The van der Waals surface area contributed by atoms with E-state index in [1.807, 2.05) is 48.5 Å². The first kappa shape index (κ1) is 32.4. The summed E-state index contributed by atoms with van der Waals surface area (Å²) in [6.45, 7) is 1.62. The fourth-order valence-corrected chi connectivity index (χ4v) is 3.75. The van der Waals surface area contributed by atoms with Crippen LogP contribution in [0.2, 0.25) is 6.82 Å². The molecule has 0 saturated heterocycles. The number of methoxy groups -OCH3 is 2. The molecule has 0 bridgehead atoms. The van der Waals surface area contributed by atoms with Crippen LogP contribution in [0.1, 0.15) is 11.1 Å². The van der Waals surface area contributed by atoms with E-state index in [1.54, 1.807) is 6.82 Å². The van der Waals surface area contributed by atoms with Crippen molar-refractivity contribution in [1.82, 2.24) is 10.6 Å². The maximum absolute atomic E-state index is 11.6. The molecule has 2 rings (SSSR count). The molecule has 0 spiro atoms. The average molecular weight is 574 g/mol. The molecule has 0 amide bonds. The van der Waals surface area contributed by atoms with Crippen LogP contribution in [0.3, 0.4) is 0 Å². The van der Waals surface area contributed by atoms with Crippen molar-refractivity contribution in [1.29, 1.82) is 0 Å². The van der Waals surface area contributed by atoms with Gasteiger partial charge >= 0.3 is 227 Å². The minimum absolute atomic E-state index is 0.0887. The summed E-state index contributed by atoms with van der Waals surface area (Å²) in [4.78, 5) is 23.1. The Hall–Kier alpha value is -2.67. The van der Waals surface area contributed by atoms with Gasteiger partial charge in [0.2, 0.25) is 0 Å². The fourth-order valence-electron chi connectivity index (χ4n) is 3.31. The number of carbonyl (C=O) groups is 2. The molecule has 0 radical (unpaired) electrons. The Morgan fingerprint density at radius 3 is 1.84 bits per heavy atom. The molecule has 2 aromatic carbocycles. The predicted octanol–water partition coefficient (Wildman–Crippen LogP) is 1.02. The summed E-state index contributed by atoms with van der Waals surface area (Å²) in [6.07, 6.45) is 1.11. The van der Waals surface area contributed by atoms with Crippen LogP contribution in [0.15, 0.2) is 53.0 Å². The second kappa shape index (κ2) is 18.6. The number of nitrogens with one attached hydrogen (secondary N) is 3. The van der Waals surface area contributed by atoms with Gasteiger partial charge in [-0.1, -0.05) is 0 Å². The Morgan fingerprint density at radius 2 is 1.41 bits per heavy atom. The van der Waals surface area contributed by atoms with E-state index >= 15 is 0 Å². The molecule has 0 aliphatic heterocycles. The molecule has 14 heteroatoms. The van der Waals surface area contributed by atoms with E-state index in [4.69, 9.17) is 4.74 Å². The zero-order chi connectivity index (χ0) is 27.6. The summed E-state index contributed by atoms with van der Waals surface area (Å²) < 4.78 is 31.0. The number of rotatable bonds is 14. The second-order valence-corrected chi connectivity index (χ2v) is 8.78. The molecular formula is C23H31B3BrN3O7. The van der Waals surface area contributed by atoms with Gasteiger partial charge in [0, 0.05) is 0 Å². The van der Waals surface area contributed by atoms with Crippen LogP contribution >= 0.6 is 15.9 Å². The van der Waals surface area contributed by atoms with Crippen molar-refractivity contribution >= 4 is 54.9 Å². The molecule has 196 valence electrons. The van der Waals surface area contributed by atoms with Gasteiger partial charge in [0.1, 0.15) is 0 Å². The number of hydrogen-bond donors (Lipinski definition) is 4. The second-order valence-electron chi connectivity index (χ2n) is 7.86. The monoisotopic (exact) mass is 573 g/mol. The average Bonchev–Trinajstić information content (AvgIpc) is 2.88. The molecule has 10 nitrogen and oxygen atoms in total. The summed E-state index contributed by atoms with van der Waals surface area (Å²) in [6, 6.07) is 13.9. The van der Waals surface area contributed by atoms with Crippen molar-refractivity contribution in [2.24, 2.45) is 0 Å². The van der Waals surface area contributed by atoms with Gasteiger partial charge in [0.15, 0.2) is 0 Å². The number of hydrogen-bond acceptors (Lipinski definition) is 10. The summed E-state index contributed by atoms with van der Waals surface area (Å²) in [7, 11) is 3.40. The van der Waals surface area contributed by atoms with Gasteiger partial charge < -0.3 is 0 Å². The van der Waals surface area contributed by atoms with Crippen molar-refractivity contribution in [3.8, 4) is 0 Å². The molecular weight excluding hydrogens is 543 g/mol. The Bertz CT molecular complexity index is 1020. The Labute approximate surface area is 227 Å². The van der Waals surface area contributed by atoms with Gasteiger partial charge in [-0.05, 0) is 0 Å². The van der Waals surface area contributed by atoms with Crippen LogP contribution in [-0.4, -0.2) is 77.5 Å². The molecule has 0 aromatic heterocycles. The number of carbonyl (C=O) groups excluding carboxylic acids is 2. The van der Waals surface area contributed by atoms with E-state index in [2.05, 4.69) is 36.5 Å². The number of esters is 2. The first-order valence-corrected chi connectivity index (χ1v) is 12.3. The third-order valence-corrected chi connectivity index (χ3v) is 5.43. The topological polar surface area (TPSA) is 143 Å². The SMILES string of the molecule is COC(=O)[C@H](Cc1cccc(Br)c1)NCB=O.COC(=O)[C@H](Cc1cccc(NB(C)O)c1)NCB=O. The van der Waals surface area contributed by atoms with Crippen LogP contribution in [0, 0.1) is 0 Å².